The van der Waals surface area contributed by atoms with Gasteiger partial charge < -0.3 is 10.1 Å². The fourth-order valence-electron chi connectivity index (χ4n) is 1.80. The molecule has 1 heterocycles. The van der Waals surface area contributed by atoms with Gasteiger partial charge in [0.1, 0.15) is 17.4 Å². The molecule has 0 saturated carbocycles. The predicted molar refractivity (Wildman–Crippen MR) is 84.4 cm³/mol. The Kier molecular flexibility index (Phi) is 5.83. The summed E-state index contributed by atoms with van der Waals surface area (Å²) >= 11 is 7.86. The van der Waals surface area contributed by atoms with Gasteiger partial charge in [0.2, 0.25) is 0 Å². The van der Waals surface area contributed by atoms with E-state index in [1.165, 1.54) is 0 Å². The standard InChI is InChI=1S/C15H19ClN2OS/c1-11(2)8-17-9-12-13(16)4-3-5-14(12)19-10-15-18-6-7-20-15/h3-7,11,17H,8-10H2,1-2H3. The molecule has 5 heteroatoms. The molecule has 20 heavy (non-hydrogen) atoms. The Hall–Kier alpha value is -1.10. The molecule has 0 spiro atoms. The highest BCUT2D eigenvalue weighted by atomic mass is 35.5. The largest absolute Gasteiger partial charge is 0.486 e. The topological polar surface area (TPSA) is 34.1 Å². The molecule has 0 unspecified atom stereocenters. The van der Waals surface area contributed by atoms with E-state index in [0.29, 0.717) is 19.1 Å². The lowest BCUT2D eigenvalue weighted by molar-refractivity contribution is 0.301. The van der Waals surface area contributed by atoms with Crippen molar-refractivity contribution in [2.75, 3.05) is 6.54 Å². The summed E-state index contributed by atoms with van der Waals surface area (Å²) in [7, 11) is 0. The minimum absolute atomic E-state index is 0.481. The van der Waals surface area contributed by atoms with Crippen LogP contribution in [0.3, 0.4) is 0 Å². The lowest BCUT2D eigenvalue weighted by Gasteiger charge is -2.14. The van der Waals surface area contributed by atoms with Gasteiger partial charge >= 0.3 is 0 Å². The van der Waals surface area contributed by atoms with Crippen LogP contribution in [0.5, 0.6) is 5.75 Å². The average molecular weight is 311 g/mol. The Morgan fingerprint density at radius 3 is 2.95 bits per heavy atom. The number of hydrogen-bond donors (Lipinski definition) is 1. The van der Waals surface area contributed by atoms with E-state index in [0.717, 1.165) is 27.9 Å². The zero-order valence-electron chi connectivity index (χ0n) is 11.7. The van der Waals surface area contributed by atoms with Gasteiger partial charge in [0.15, 0.2) is 0 Å². The number of ether oxygens (including phenoxy) is 1. The van der Waals surface area contributed by atoms with Crippen molar-refractivity contribution in [1.29, 1.82) is 0 Å². The van der Waals surface area contributed by atoms with Gasteiger partial charge in [-0.1, -0.05) is 31.5 Å². The molecule has 0 fully saturated rings. The van der Waals surface area contributed by atoms with Gasteiger partial charge in [0, 0.05) is 28.7 Å². The first kappa shape index (κ1) is 15.3. The van der Waals surface area contributed by atoms with Gasteiger partial charge in [0.05, 0.1) is 0 Å². The molecule has 1 aromatic carbocycles. The molecular weight excluding hydrogens is 292 g/mol. The molecule has 0 amide bonds. The van der Waals surface area contributed by atoms with Gasteiger partial charge in [-0.05, 0) is 24.6 Å². The third-order valence-electron chi connectivity index (χ3n) is 2.76. The SMILES string of the molecule is CC(C)CNCc1c(Cl)cccc1OCc1nccs1. The number of halogens is 1. The van der Waals surface area contributed by atoms with E-state index in [2.05, 4.69) is 24.1 Å². The van der Waals surface area contributed by atoms with E-state index < -0.39 is 0 Å². The highest BCUT2D eigenvalue weighted by Gasteiger charge is 2.09. The summed E-state index contributed by atoms with van der Waals surface area (Å²) in [6.45, 7) is 6.51. The van der Waals surface area contributed by atoms with Crippen LogP contribution in [0.25, 0.3) is 0 Å². The van der Waals surface area contributed by atoms with Crippen molar-refractivity contribution < 1.29 is 4.74 Å². The third kappa shape index (κ3) is 4.47. The van der Waals surface area contributed by atoms with E-state index in [4.69, 9.17) is 16.3 Å². The Morgan fingerprint density at radius 1 is 1.40 bits per heavy atom. The molecule has 1 N–H and O–H groups in total. The van der Waals surface area contributed by atoms with Gasteiger partial charge in [-0.15, -0.1) is 11.3 Å². The van der Waals surface area contributed by atoms with E-state index in [1.54, 1.807) is 17.5 Å². The van der Waals surface area contributed by atoms with Crippen molar-refractivity contribution in [3.63, 3.8) is 0 Å². The summed E-state index contributed by atoms with van der Waals surface area (Å²) < 4.78 is 5.84. The molecule has 0 aliphatic carbocycles. The van der Waals surface area contributed by atoms with Crippen LogP contribution in [-0.2, 0) is 13.2 Å². The third-order valence-corrected chi connectivity index (χ3v) is 3.87. The number of aromatic nitrogens is 1. The molecule has 0 aliphatic rings. The van der Waals surface area contributed by atoms with E-state index in [1.807, 2.05) is 23.6 Å². The molecule has 0 radical (unpaired) electrons. The van der Waals surface area contributed by atoms with Gasteiger partial charge in [0.25, 0.3) is 0 Å². The lowest BCUT2D eigenvalue weighted by atomic mass is 10.1. The molecule has 0 bridgehead atoms. The van der Waals surface area contributed by atoms with Gasteiger partial charge in [-0.2, -0.15) is 0 Å². The number of hydrogen-bond acceptors (Lipinski definition) is 4. The van der Waals surface area contributed by atoms with E-state index in [-0.39, 0.29) is 0 Å². The lowest BCUT2D eigenvalue weighted by Crippen LogP contribution is -2.19. The van der Waals surface area contributed by atoms with Crippen LogP contribution in [-0.4, -0.2) is 11.5 Å². The molecule has 1 aromatic heterocycles. The Balaban J connectivity index is 2.01. The summed E-state index contributed by atoms with van der Waals surface area (Å²) in [4.78, 5) is 4.21. The number of benzene rings is 1. The number of nitrogens with zero attached hydrogens (tertiary/aromatic N) is 1. The van der Waals surface area contributed by atoms with Crippen molar-refractivity contribution in [2.45, 2.75) is 27.0 Å². The average Bonchev–Trinajstić information content (AvgIpc) is 2.91. The molecular formula is C15H19ClN2OS. The van der Waals surface area contributed by atoms with Crippen molar-refractivity contribution in [2.24, 2.45) is 5.92 Å². The maximum absolute atomic E-state index is 6.27. The monoisotopic (exact) mass is 310 g/mol. The summed E-state index contributed by atoms with van der Waals surface area (Å²) in [5.41, 5.74) is 1.01. The molecule has 2 aromatic rings. The Bertz CT molecular complexity index is 529. The second-order valence-electron chi connectivity index (χ2n) is 4.96. The van der Waals surface area contributed by atoms with Crippen LogP contribution in [0.15, 0.2) is 29.8 Å². The molecule has 2 rings (SSSR count). The van der Waals surface area contributed by atoms with Gasteiger partial charge in [-0.3, -0.25) is 0 Å². The number of thiazole rings is 1. The van der Waals surface area contributed by atoms with Gasteiger partial charge in [-0.25, -0.2) is 4.98 Å². The first-order chi connectivity index (χ1) is 9.66. The van der Waals surface area contributed by atoms with E-state index >= 15 is 0 Å². The second-order valence-corrected chi connectivity index (χ2v) is 6.34. The van der Waals surface area contributed by atoms with Crippen LogP contribution in [0.4, 0.5) is 0 Å². The quantitative estimate of drug-likeness (QED) is 0.835. The van der Waals surface area contributed by atoms with Crippen LogP contribution in [0.1, 0.15) is 24.4 Å². The molecule has 3 nitrogen and oxygen atoms in total. The van der Waals surface area contributed by atoms with E-state index in [9.17, 15) is 0 Å². The number of rotatable bonds is 7. The highest BCUT2D eigenvalue weighted by Crippen LogP contribution is 2.27. The number of nitrogens with one attached hydrogen (secondary N) is 1. The van der Waals surface area contributed by atoms with Crippen LogP contribution in [0, 0.1) is 5.92 Å². The van der Waals surface area contributed by atoms with Crippen LogP contribution < -0.4 is 10.1 Å². The Labute approximate surface area is 129 Å². The van der Waals surface area contributed by atoms with Crippen LogP contribution >= 0.6 is 22.9 Å². The summed E-state index contributed by atoms with van der Waals surface area (Å²) in [5.74, 6) is 1.43. The molecule has 0 aliphatic heterocycles. The normalized spacial score (nSPS) is 11.0. The molecule has 108 valence electrons. The summed E-state index contributed by atoms with van der Waals surface area (Å²) in [5, 5.41) is 7.04. The fraction of sp³-hybridized carbons (Fsp3) is 0.400. The maximum atomic E-state index is 6.27. The second kappa shape index (κ2) is 7.62. The zero-order chi connectivity index (χ0) is 14.4. The maximum Gasteiger partial charge on any atom is 0.140 e. The smallest absolute Gasteiger partial charge is 0.140 e. The minimum atomic E-state index is 0.481. The predicted octanol–water partition coefficient (Wildman–Crippen LogP) is 4.12. The minimum Gasteiger partial charge on any atom is -0.486 e. The first-order valence-corrected chi connectivity index (χ1v) is 7.92. The molecule has 0 saturated heterocycles. The summed E-state index contributed by atoms with van der Waals surface area (Å²) in [6.07, 6.45) is 1.78. The Morgan fingerprint density at radius 2 is 2.25 bits per heavy atom. The first-order valence-electron chi connectivity index (χ1n) is 6.66. The van der Waals surface area contributed by atoms with Crippen molar-refractivity contribution in [1.82, 2.24) is 10.3 Å². The fourth-order valence-corrected chi connectivity index (χ4v) is 2.56. The van der Waals surface area contributed by atoms with Crippen molar-refractivity contribution in [3.05, 3.63) is 45.4 Å². The molecule has 0 atom stereocenters. The van der Waals surface area contributed by atoms with Crippen molar-refractivity contribution >= 4 is 22.9 Å². The zero-order valence-corrected chi connectivity index (χ0v) is 13.3. The van der Waals surface area contributed by atoms with Crippen LogP contribution in [0.2, 0.25) is 5.02 Å². The highest BCUT2D eigenvalue weighted by molar-refractivity contribution is 7.09. The van der Waals surface area contributed by atoms with Crippen molar-refractivity contribution in [3.8, 4) is 5.75 Å². The summed E-state index contributed by atoms with van der Waals surface area (Å²) in [6, 6.07) is 5.75.